The van der Waals surface area contributed by atoms with E-state index in [-0.39, 0.29) is 17.7 Å². The summed E-state index contributed by atoms with van der Waals surface area (Å²) in [5.41, 5.74) is 3.92. The number of nitrogens with zero attached hydrogens (tertiary/aromatic N) is 5. The zero-order valence-corrected chi connectivity index (χ0v) is 18.3. The van der Waals surface area contributed by atoms with Crippen molar-refractivity contribution in [3.63, 3.8) is 0 Å². The Morgan fingerprint density at radius 1 is 1.00 bits per heavy atom. The molecular formula is C22H27N7O2. The van der Waals surface area contributed by atoms with Crippen molar-refractivity contribution >= 4 is 29.5 Å². The van der Waals surface area contributed by atoms with Crippen molar-refractivity contribution in [1.29, 1.82) is 0 Å². The first-order valence-electron chi connectivity index (χ1n) is 10.5. The molecule has 3 heterocycles. The molecule has 4 rings (SSSR count). The molecule has 1 amide bonds. The summed E-state index contributed by atoms with van der Waals surface area (Å²) < 4.78 is 5.60. The number of aryl methyl sites for hydroxylation is 4. The van der Waals surface area contributed by atoms with E-state index in [1.165, 1.54) is 12.6 Å². The number of benzene rings is 1. The van der Waals surface area contributed by atoms with Gasteiger partial charge < -0.3 is 14.6 Å². The summed E-state index contributed by atoms with van der Waals surface area (Å²) in [6.07, 6.45) is 4.88. The van der Waals surface area contributed by atoms with Gasteiger partial charge in [0.2, 0.25) is 17.7 Å². The fourth-order valence-electron chi connectivity index (χ4n) is 3.84. The third-order valence-electron chi connectivity index (χ3n) is 5.24. The highest BCUT2D eigenvalue weighted by atomic mass is 16.4. The summed E-state index contributed by atoms with van der Waals surface area (Å²) in [5, 5.41) is 5.86. The Hall–Kier alpha value is -3.49. The minimum Gasteiger partial charge on any atom is -0.418 e. The van der Waals surface area contributed by atoms with Crippen LogP contribution in [0, 0.1) is 27.7 Å². The first-order valence-corrected chi connectivity index (χ1v) is 10.5. The van der Waals surface area contributed by atoms with E-state index in [0.29, 0.717) is 17.7 Å². The maximum atomic E-state index is 12.7. The van der Waals surface area contributed by atoms with E-state index in [1.54, 1.807) is 0 Å². The number of hydrogen-bond acceptors (Lipinski definition) is 8. The number of oxazole rings is 1. The molecule has 2 N–H and O–H groups in total. The van der Waals surface area contributed by atoms with Crippen LogP contribution < -0.4 is 15.5 Å². The van der Waals surface area contributed by atoms with Gasteiger partial charge in [0.25, 0.3) is 5.91 Å². The topological polar surface area (TPSA) is 109 Å². The monoisotopic (exact) mass is 421 g/mol. The molecule has 162 valence electrons. The smallest absolute Gasteiger partial charge is 0.302 e. The van der Waals surface area contributed by atoms with Crippen LogP contribution in [-0.2, 0) is 0 Å². The van der Waals surface area contributed by atoms with Gasteiger partial charge in [0.15, 0.2) is 0 Å². The lowest BCUT2D eigenvalue weighted by Gasteiger charge is -2.26. The molecule has 1 aliphatic rings. The van der Waals surface area contributed by atoms with E-state index in [2.05, 4.69) is 35.5 Å². The van der Waals surface area contributed by atoms with Crippen LogP contribution in [0.4, 0.5) is 23.6 Å². The fraction of sp³-hybridized carbons (Fsp3) is 0.409. The highest BCUT2D eigenvalue weighted by Crippen LogP contribution is 2.24. The van der Waals surface area contributed by atoms with Crippen molar-refractivity contribution in [2.75, 3.05) is 28.6 Å². The van der Waals surface area contributed by atoms with E-state index >= 15 is 0 Å². The fourth-order valence-corrected chi connectivity index (χ4v) is 3.84. The number of hydrogen-bond donors (Lipinski definition) is 2. The van der Waals surface area contributed by atoms with Crippen LogP contribution in [0.2, 0.25) is 0 Å². The molecule has 31 heavy (non-hydrogen) atoms. The van der Waals surface area contributed by atoms with Crippen molar-refractivity contribution in [1.82, 2.24) is 19.9 Å². The molecule has 0 saturated carbocycles. The van der Waals surface area contributed by atoms with Gasteiger partial charge in [-0.25, -0.2) is 4.98 Å². The van der Waals surface area contributed by atoms with Crippen molar-refractivity contribution in [3.8, 4) is 0 Å². The Kier molecular flexibility index (Phi) is 5.83. The summed E-state index contributed by atoms with van der Waals surface area (Å²) in [7, 11) is 0. The van der Waals surface area contributed by atoms with Gasteiger partial charge in [0.05, 0.1) is 6.20 Å². The molecule has 0 atom stereocenters. The van der Waals surface area contributed by atoms with Gasteiger partial charge in [0.1, 0.15) is 5.82 Å². The molecule has 1 aliphatic heterocycles. The number of piperidine rings is 1. The van der Waals surface area contributed by atoms with E-state index in [9.17, 15) is 4.79 Å². The molecule has 9 heteroatoms. The van der Waals surface area contributed by atoms with Gasteiger partial charge in [0, 0.05) is 18.8 Å². The third-order valence-corrected chi connectivity index (χ3v) is 5.24. The molecule has 0 spiro atoms. The van der Waals surface area contributed by atoms with Gasteiger partial charge in [-0.15, -0.1) is 0 Å². The van der Waals surface area contributed by atoms with Crippen LogP contribution in [0.5, 0.6) is 0 Å². The molecule has 0 radical (unpaired) electrons. The second-order valence-electron chi connectivity index (χ2n) is 7.94. The zero-order valence-electron chi connectivity index (χ0n) is 18.3. The summed E-state index contributed by atoms with van der Waals surface area (Å²) in [4.78, 5) is 32.2. The third kappa shape index (κ3) is 4.82. The lowest BCUT2D eigenvalue weighted by molar-refractivity contribution is 0.0997. The predicted octanol–water partition coefficient (Wildman–Crippen LogP) is 4.08. The Balaban J connectivity index is 1.48. The van der Waals surface area contributed by atoms with Crippen molar-refractivity contribution < 1.29 is 9.21 Å². The van der Waals surface area contributed by atoms with Gasteiger partial charge in [-0.2, -0.15) is 15.0 Å². The molecule has 0 aliphatic carbocycles. The van der Waals surface area contributed by atoms with E-state index in [4.69, 9.17) is 4.42 Å². The van der Waals surface area contributed by atoms with Crippen LogP contribution in [-0.4, -0.2) is 38.9 Å². The Morgan fingerprint density at radius 2 is 1.71 bits per heavy atom. The van der Waals surface area contributed by atoms with E-state index in [0.717, 1.165) is 48.3 Å². The number of carbonyl (C=O) groups is 1. The predicted molar refractivity (Wildman–Crippen MR) is 119 cm³/mol. The number of carbonyl (C=O) groups excluding carboxylic acids is 1. The molecule has 1 fully saturated rings. The average Bonchev–Trinajstić information content (AvgIpc) is 3.19. The van der Waals surface area contributed by atoms with Crippen LogP contribution in [0.3, 0.4) is 0 Å². The summed E-state index contributed by atoms with van der Waals surface area (Å²) >= 11 is 0. The Labute approximate surface area is 181 Å². The molecule has 1 saturated heterocycles. The van der Waals surface area contributed by atoms with Crippen molar-refractivity contribution in [2.24, 2.45) is 0 Å². The lowest BCUT2D eigenvalue weighted by Crippen LogP contribution is -2.31. The van der Waals surface area contributed by atoms with Crippen molar-refractivity contribution in [3.05, 3.63) is 46.6 Å². The van der Waals surface area contributed by atoms with E-state index in [1.807, 2.05) is 39.8 Å². The number of aromatic nitrogens is 4. The summed E-state index contributed by atoms with van der Waals surface area (Å²) in [6.45, 7) is 9.65. The highest BCUT2D eigenvalue weighted by molar-refractivity contribution is 6.03. The molecule has 2 aromatic heterocycles. The first kappa shape index (κ1) is 20.8. The largest absolute Gasteiger partial charge is 0.418 e. The second kappa shape index (κ2) is 8.71. The second-order valence-corrected chi connectivity index (χ2v) is 7.94. The highest BCUT2D eigenvalue weighted by Gasteiger charge is 2.18. The van der Waals surface area contributed by atoms with Crippen LogP contribution >= 0.6 is 0 Å². The summed E-state index contributed by atoms with van der Waals surface area (Å²) in [5.74, 6) is 1.32. The number of anilines is 4. The standard InChI is InChI=1S/C22H27N7O2/c1-13-10-14(2)18(15(3)11-13)26-19(30)17-12-23-22(31-17)28-20-24-16(4)25-21(27-20)29-8-6-5-7-9-29/h10-12H,5-9H2,1-4H3,(H,26,30)(H,23,24,25,27,28). The summed E-state index contributed by atoms with van der Waals surface area (Å²) in [6, 6.07) is 4.20. The maximum Gasteiger partial charge on any atom is 0.302 e. The molecular weight excluding hydrogens is 394 g/mol. The lowest BCUT2D eigenvalue weighted by atomic mass is 10.1. The van der Waals surface area contributed by atoms with Crippen molar-refractivity contribution in [2.45, 2.75) is 47.0 Å². The van der Waals surface area contributed by atoms with E-state index < -0.39 is 0 Å². The average molecular weight is 422 g/mol. The van der Waals surface area contributed by atoms with Gasteiger partial charge in [-0.1, -0.05) is 17.7 Å². The normalized spacial score (nSPS) is 13.9. The number of amides is 1. The molecule has 9 nitrogen and oxygen atoms in total. The molecule has 1 aromatic carbocycles. The Bertz CT molecular complexity index is 1080. The molecule has 3 aromatic rings. The molecule has 0 unspecified atom stereocenters. The van der Waals surface area contributed by atoms with Gasteiger partial charge in [-0.3, -0.25) is 10.1 Å². The number of nitrogens with one attached hydrogen (secondary N) is 2. The first-order chi connectivity index (χ1) is 14.9. The number of rotatable bonds is 5. The molecule has 0 bridgehead atoms. The zero-order chi connectivity index (χ0) is 22.0. The van der Waals surface area contributed by atoms with Gasteiger partial charge in [-0.05, 0) is 58.1 Å². The SMILES string of the molecule is Cc1cc(C)c(NC(=O)c2cnc(Nc3nc(C)nc(N4CCCCC4)n3)o2)c(C)c1. The van der Waals surface area contributed by atoms with Crippen LogP contribution in [0.15, 0.2) is 22.7 Å². The minimum absolute atomic E-state index is 0.101. The van der Waals surface area contributed by atoms with Crippen LogP contribution in [0.1, 0.15) is 52.3 Å². The van der Waals surface area contributed by atoms with Crippen LogP contribution in [0.25, 0.3) is 0 Å². The van der Waals surface area contributed by atoms with Gasteiger partial charge >= 0.3 is 6.01 Å². The minimum atomic E-state index is -0.364. The maximum absolute atomic E-state index is 12.7. The Morgan fingerprint density at radius 3 is 2.42 bits per heavy atom. The quantitative estimate of drug-likeness (QED) is 0.634.